The molecule has 1 saturated carbocycles. The molecule has 0 amide bonds. The Labute approximate surface area is 115 Å². The van der Waals surface area contributed by atoms with E-state index in [1.165, 1.54) is 24.0 Å². The van der Waals surface area contributed by atoms with Crippen LogP contribution in [-0.4, -0.2) is 6.54 Å². The summed E-state index contributed by atoms with van der Waals surface area (Å²) in [4.78, 5) is 0. The Bertz CT molecular complexity index is 488. The van der Waals surface area contributed by atoms with Gasteiger partial charge in [-0.1, -0.05) is 60.7 Å². The molecule has 1 nitrogen and oxygen atoms in total. The summed E-state index contributed by atoms with van der Waals surface area (Å²) in [6.45, 7) is 1.06. The van der Waals surface area contributed by atoms with Crippen LogP contribution in [0.25, 0.3) is 0 Å². The molecule has 2 aromatic rings. The SMILES string of the molecule is c1ccc(CCNC(c2ccccc2)C2CC2)cc1. The maximum Gasteiger partial charge on any atom is 0.0348 e. The molecule has 1 aliphatic carbocycles. The van der Waals surface area contributed by atoms with Crippen LogP contribution >= 0.6 is 0 Å². The molecular weight excluding hydrogens is 230 g/mol. The Kier molecular flexibility index (Phi) is 3.95. The first kappa shape index (κ1) is 12.4. The van der Waals surface area contributed by atoms with Gasteiger partial charge in [-0.3, -0.25) is 0 Å². The molecule has 1 heteroatoms. The zero-order chi connectivity index (χ0) is 12.9. The molecule has 1 N–H and O–H groups in total. The van der Waals surface area contributed by atoms with E-state index in [-0.39, 0.29) is 0 Å². The molecule has 0 bridgehead atoms. The van der Waals surface area contributed by atoms with Gasteiger partial charge in [0, 0.05) is 6.04 Å². The molecule has 0 aliphatic heterocycles. The minimum Gasteiger partial charge on any atom is -0.309 e. The Morgan fingerprint density at radius 1 is 0.895 bits per heavy atom. The minimum atomic E-state index is 0.546. The molecule has 1 unspecified atom stereocenters. The average Bonchev–Trinajstić information content (AvgIpc) is 3.30. The largest absolute Gasteiger partial charge is 0.309 e. The lowest BCUT2D eigenvalue weighted by atomic mass is 10.0. The van der Waals surface area contributed by atoms with Crippen molar-refractivity contribution < 1.29 is 0 Å². The standard InChI is InChI=1S/C18H21N/c1-3-7-15(8-4-1)13-14-19-18(17-11-12-17)16-9-5-2-6-10-16/h1-10,17-19H,11-14H2. The van der Waals surface area contributed by atoms with Crippen LogP contribution < -0.4 is 5.32 Å². The maximum absolute atomic E-state index is 3.75. The van der Waals surface area contributed by atoms with Gasteiger partial charge in [-0.05, 0) is 42.9 Å². The second-order valence-electron chi connectivity index (χ2n) is 5.42. The van der Waals surface area contributed by atoms with Crippen molar-refractivity contribution in [2.75, 3.05) is 6.54 Å². The van der Waals surface area contributed by atoms with Crippen molar-refractivity contribution in [1.29, 1.82) is 0 Å². The highest BCUT2D eigenvalue weighted by molar-refractivity contribution is 5.21. The molecule has 2 aromatic carbocycles. The van der Waals surface area contributed by atoms with E-state index in [0.29, 0.717) is 6.04 Å². The summed E-state index contributed by atoms with van der Waals surface area (Å²) < 4.78 is 0. The molecular formula is C18H21N. The van der Waals surface area contributed by atoms with Gasteiger partial charge in [0.2, 0.25) is 0 Å². The van der Waals surface area contributed by atoms with Gasteiger partial charge in [0.25, 0.3) is 0 Å². The topological polar surface area (TPSA) is 12.0 Å². The van der Waals surface area contributed by atoms with Crippen LogP contribution in [0.2, 0.25) is 0 Å². The third-order valence-electron chi connectivity index (χ3n) is 3.87. The predicted octanol–water partition coefficient (Wildman–Crippen LogP) is 3.97. The van der Waals surface area contributed by atoms with E-state index in [9.17, 15) is 0 Å². The lowest BCUT2D eigenvalue weighted by molar-refractivity contribution is 0.484. The molecule has 1 fully saturated rings. The van der Waals surface area contributed by atoms with Crippen molar-refractivity contribution in [2.45, 2.75) is 25.3 Å². The van der Waals surface area contributed by atoms with Crippen LogP contribution in [0.5, 0.6) is 0 Å². The number of rotatable bonds is 6. The van der Waals surface area contributed by atoms with Crippen molar-refractivity contribution in [3.63, 3.8) is 0 Å². The van der Waals surface area contributed by atoms with Crippen LogP contribution in [0.15, 0.2) is 60.7 Å². The van der Waals surface area contributed by atoms with E-state index < -0.39 is 0 Å². The number of nitrogens with one attached hydrogen (secondary N) is 1. The van der Waals surface area contributed by atoms with Crippen LogP contribution in [-0.2, 0) is 6.42 Å². The summed E-state index contributed by atoms with van der Waals surface area (Å²) in [5.41, 5.74) is 2.86. The van der Waals surface area contributed by atoms with Gasteiger partial charge in [-0.25, -0.2) is 0 Å². The van der Waals surface area contributed by atoms with E-state index >= 15 is 0 Å². The first-order chi connectivity index (χ1) is 9.43. The van der Waals surface area contributed by atoms with Crippen molar-refractivity contribution >= 4 is 0 Å². The van der Waals surface area contributed by atoms with E-state index in [4.69, 9.17) is 0 Å². The highest BCUT2D eigenvalue weighted by Gasteiger charge is 2.31. The van der Waals surface area contributed by atoms with Gasteiger partial charge in [0.05, 0.1) is 0 Å². The van der Waals surface area contributed by atoms with Crippen molar-refractivity contribution in [1.82, 2.24) is 5.32 Å². The van der Waals surface area contributed by atoms with Gasteiger partial charge < -0.3 is 5.32 Å². The first-order valence-electron chi connectivity index (χ1n) is 7.26. The predicted molar refractivity (Wildman–Crippen MR) is 80.1 cm³/mol. The third-order valence-corrected chi connectivity index (χ3v) is 3.87. The second-order valence-corrected chi connectivity index (χ2v) is 5.42. The molecule has 19 heavy (non-hydrogen) atoms. The van der Waals surface area contributed by atoms with Crippen LogP contribution in [0.4, 0.5) is 0 Å². The van der Waals surface area contributed by atoms with E-state index in [2.05, 4.69) is 66.0 Å². The molecule has 3 rings (SSSR count). The van der Waals surface area contributed by atoms with Crippen LogP contribution in [0.1, 0.15) is 30.0 Å². The summed E-state index contributed by atoms with van der Waals surface area (Å²) in [5.74, 6) is 0.846. The quantitative estimate of drug-likeness (QED) is 0.819. The van der Waals surface area contributed by atoms with Gasteiger partial charge in [0.1, 0.15) is 0 Å². The fourth-order valence-electron chi connectivity index (χ4n) is 2.66. The van der Waals surface area contributed by atoms with E-state index in [1.807, 2.05) is 0 Å². The van der Waals surface area contributed by atoms with Gasteiger partial charge in [-0.2, -0.15) is 0 Å². The number of hydrogen-bond donors (Lipinski definition) is 1. The second kappa shape index (κ2) is 6.03. The Balaban J connectivity index is 1.57. The smallest absolute Gasteiger partial charge is 0.0348 e. The van der Waals surface area contributed by atoms with Gasteiger partial charge >= 0.3 is 0 Å². The maximum atomic E-state index is 3.75. The van der Waals surface area contributed by atoms with Crippen molar-refractivity contribution in [3.05, 3.63) is 71.8 Å². The molecule has 0 heterocycles. The van der Waals surface area contributed by atoms with Gasteiger partial charge in [-0.15, -0.1) is 0 Å². The summed E-state index contributed by atoms with van der Waals surface area (Å²) in [7, 11) is 0. The number of benzene rings is 2. The van der Waals surface area contributed by atoms with E-state index in [0.717, 1.165) is 18.9 Å². The Morgan fingerprint density at radius 3 is 2.16 bits per heavy atom. The third kappa shape index (κ3) is 3.45. The Morgan fingerprint density at radius 2 is 1.53 bits per heavy atom. The lowest BCUT2D eigenvalue weighted by Crippen LogP contribution is -2.25. The normalized spacial score (nSPS) is 16.2. The molecule has 1 atom stereocenters. The van der Waals surface area contributed by atoms with Crippen LogP contribution in [0, 0.1) is 5.92 Å². The van der Waals surface area contributed by atoms with E-state index in [1.54, 1.807) is 0 Å². The molecule has 0 radical (unpaired) electrons. The fourth-order valence-corrected chi connectivity index (χ4v) is 2.66. The molecule has 98 valence electrons. The summed E-state index contributed by atoms with van der Waals surface area (Å²) in [5, 5.41) is 3.75. The summed E-state index contributed by atoms with van der Waals surface area (Å²) in [6, 6.07) is 22.1. The summed E-state index contributed by atoms with van der Waals surface area (Å²) >= 11 is 0. The molecule has 1 aliphatic rings. The first-order valence-corrected chi connectivity index (χ1v) is 7.26. The minimum absolute atomic E-state index is 0.546. The van der Waals surface area contributed by atoms with Crippen molar-refractivity contribution in [3.8, 4) is 0 Å². The molecule has 0 spiro atoms. The fraction of sp³-hybridized carbons (Fsp3) is 0.333. The number of hydrogen-bond acceptors (Lipinski definition) is 1. The Hall–Kier alpha value is -1.60. The van der Waals surface area contributed by atoms with Gasteiger partial charge in [0.15, 0.2) is 0 Å². The molecule has 0 saturated heterocycles. The zero-order valence-electron chi connectivity index (χ0n) is 11.3. The highest BCUT2D eigenvalue weighted by atomic mass is 14.9. The average molecular weight is 251 g/mol. The summed E-state index contributed by atoms with van der Waals surface area (Å²) in [6.07, 6.45) is 3.85. The lowest BCUT2D eigenvalue weighted by Gasteiger charge is -2.18. The van der Waals surface area contributed by atoms with Crippen molar-refractivity contribution in [2.24, 2.45) is 5.92 Å². The monoisotopic (exact) mass is 251 g/mol. The zero-order valence-corrected chi connectivity index (χ0v) is 11.3. The van der Waals surface area contributed by atoms with Crippen LogP contribution in [0.3, 0.4) is 0 Å². The highest BCUT2D eigenvalue weighted by Crippen LogP contribution is 2.40. The molecule has 0 aromatic heterocycles.